The molecule has 1 aromatic heterocycles. The quantitative estimate of drug-likeness (QED) is 0.249. The molecule has 0 fully saturated rings. The molecule has 2 bridgehead atoms. The van der Waals surface area contributed by atoms with Crippen LogP contribution in [0.4, 0.5) is 0 Å². The fourth-order valence-corrected chi connectivity index (χ4v) is 3.42. The van der Waals surface area contributed by atoms with Crippen molar-refractivity contribution < 1.29 is 24.2 Å². The summed E-state index contributed by atoms with van der Waals surface area (Å²) < 4.78 is 5.80. The van der Waals surface area contributed by atoms with E-state index in [0.717, 1.165) is 0 Å². The lowest BCUT2D eigenvalue weighted by molar-refractivity contribution is -0.157. The van der Waals surface area contributed by atoms with E-state index in [9.17, 15) is 19.5 Å². The van der Waals surface area contributed by atoms with Crippen LogP contribution in [0, 0.1) is 5.92 Å². The average Bonchev–Trinajstić information content (AvgIpc) is 2.78. The third-order valence-electron chi connectivity index (χ3n) is 5.14. The molecule has 2 heterocycles. The number of carbonyl (C=O) groups is 3. The second-order valence-corrected chi connectivity index (χ2v) is 9.02. The summed E-state index contributed by atoms with van der Waals surface area (Å²) >= 11 is 4.18. The monoisotopic (exact) mass is 490 g/mol. The topological polar surface area (TPSA) is 130 Å². The zero-order valence-electron chi connectivity index (χ0n) is 20.0. The summed E-state index contributed by atoms with van der Waals surface area (Å²) in [6, 6.07) is 4.08. The van der Waals surface area contributed by atoms with Crippen molar-refractivity contribution in [3.63, 3.8) is 0 Å². The number of thiol groups is 1. The molecular formula is C24H34N4O5S. The van der Waals surface area contributed by atoms with E-state index in [4.69, 9.17) is 4.74 Å². The van der Waals surface area contributed by atoms with Crippen LogP contribution in [-0.2, 0) is 20.9 Å². The van der Waals surface area contributed by atoms with Gasteiger partial charge >= 0.3 is 0 Å². The first kappa shape index (κ1) is 27.6. The highest BCUT2D eigenvalue weighted by atomic mass is 32.1. The van der Waals surface area contributed by atoms with Gasteiger partial charge in [0.05, 0.1) is 30.8 Å². The van der Waals surface area contributed by atoms with Crippen LogP contribution in [0.25, 0.3) is 0 Å². The number of ether oxygens (including phenoxy) is 1. The van der Waals surface area contributed by atoms with Crippen LogP contribution >= 0.6 is 12.6 Å². The molecular weight excluding hydrogens is 456 g/mol. The lowest BCUT2D eigenvalue weighted by Crippen LogP contribution is -2.51. The zero-order chi connectivity index (χ0) is 25.3. The van der Waals surface area contributed by atoms with E-state index in [1.54, 1.807) is 32.1 Å². The summed E-state index contributed by atoms with van der Waals surface area (Å²) in [6.07, 6.45) is 2.06. The molecule has 10 heteroatoms. The molecule has 3 amide bonds. The molecule has 1 aliphatic heterocycles. The van der Waals surface area contributed by atoms with Crippen molar-refractivity contribution in [2.75, 3.05) is 5.75 Å². The molecule has 1 unspecified atom stereocenters. The van der Waals surface area contributed by atoms with Crippen molar-refractivity contribution in [3.05, 3.63) is 53.0 Å². The van der Waals surface area contributed by atoms with Crippen molar-refractivity contribution in [2.45, 2.75) is 65.5 Å². The van der Waals surface area contributed by atoms with Gasteiger partial charge < -0.3 is 25.8 Å². The van der Waals surface area contributed by atoms with Gasteiger partial charge in [0.2, 0.25) is 5.91 Å². The van der Waals surface area contributed by atoms with Gasteiger partial charge in [-0.3, -0.25) is 14.4 Å². The van der Waals surface area contributed by atoms with Gasteiger partial charge in [0, 0.05) is 0 Å². The van der Waals surface area contributed by atoms with Crippen LogP contribution < -0.4 is 16.0 Å². The second kappa shape index (κ2) is 13.3. The molecule has 4 N–H and O–H groups in total. The maximum atomic E-state index is 13.1. The number of allylic oxidation sites excluding steroid dienone is 2. The van der Waals surface area contributed by atoms with Crippen LogP contribution in [-0.4, -0.2) is 52.0 Å². The van der Waals surface area contributed by atoms with Crippen molar-refractivity contribution in [2.24, 2.45) is 5.92 Å². The maximum Gasteiger partial charge on any atom is 0.274 e. The molecule has 0 saturated carbocycles. The number of carbonyl (C=O) groups excluding carboxylic acids is 3. The minimum Gasteiger partial charge on any atom is -0.366 e. The summed E-state index contributed by atoms with van der Waals surface area (Å²) in [5.41, 5.74) is 1.25. The molecule has 3 atom stereocenters. The number of hydrogen-bond acceptors (Lipinski definition) is 7. The number of pyridine rings is 1. The highest BCUT2D eigenvalue weighted by Gasteiger charge is 2.30. The molecule has 0 aromatic carbocycles. The van der Waals surface area contributed by atoms with E-state index in [1.165, 1.54) is 6.07 Å². The Morgan fingerprint density at radius 3 is 2.65 bits per heavy atom. The zero-order valence-corrected chi connectivity index (χ0v) is 20.9. The smallest absolute Gasteiger partial charge is 0.274 e. The molecule has 0 radical (unpaired) electrons. The Hall–Kier alpha value is -2.69. The van der Waals surface area contributed by atoms with Gasteiger partial charge in [-0.1, -0.05) is 32.1 Å². The number of nitrogens with one attached hydrogen (secondary N) is 3. The summed E-state index contributed by atoms with van der Waals surface area (Å²) in [4.78, 5) is 42.7. The third kappa shape index (κ3) is 8.27. The Balaban J connectivity index is 2.43. The first-order chi connectivity index (χ1) is 16.1. The summed E-state index contributed by atoms with van der Waals surface area (Å²) in [5, 5.41) is 19.0. The van der Waals surface area contributed by atoms with Crippen LogP contribution in [0.5, 0.6) is 0 Å². The molecule has 186 valence electrons. The highest BCUT2D eigenvalue weighted by Crippen LogP contribution is 2.15. The van der Waals surface area contributed by atoms with E-state index in [2.05, 4.69) is 33.6 Å². The molecule has 0 aliphatic carbocycles. The van der Waals surface area contributed by atoms with E-state index < -0.39 is 30.3 Å². The number of hydrogen-bond donors (Lipinski definition) is 5. The van der Waals surface area contributed by atoms with Gasteiger partial charge in [-0.25, -0.2) is 4.98 Å². The maximum absolute atomic E-state index is 13.1. The molecule has 2 rings (SSSR count). The van der Waals surface area contributed by atoms with Gasteiger partial charge in [-0.2, -0.15) is 12.6 Å². The second-order valence-electron chi connectivity index (χ2n) is 8.57. The summed E-state index contributed by atoms with van der Waals surface area (Å²) in [5.74, 6) is -1.01. The van der Waals surface area contributed by atoms with E-state index >= 15 is 0 Å². The van der Waals surface area contributed by atoms with Crippen LogP contribution in [0.1, 0.15) is 56.7 Å². The largest absolute Gasteiger partial charge is 0.366 e. The molecule has 1 aromatic rings. The predicted molar refractivity (Wildman–Crippen MR) is 132 cm³/mol. The SMILES string of the molecule is CC(C)=C1NC(=O)c2cccc(n2)CNC(=O)C[C@@H](/C=C/CCS)OC(O)[C@H](C(C)C)NC1=O. The molecule has 1 aliphatic rings. The molecule has 34 heavy (non-hydrogen) atoms. The molecule has 0 spiro atoms. The predicted octanol–water partition coefficient (Wildman–Crippen LogP) is 1.85. The van der Waals surface area contributed by atoms with Crippen molar-refractivity contribution in [3.8, 4) is 0 Å². The van der Waals surface area contributed by atoms with Gasteiger partial charge in [0.15, 0.2) is 6.29 Å². The summed E-state index contributed by atoms with van der Waals surface area (Å²) in [7, 11) is 0. The first-order valence-corrected chi connectivity index (χ1v) is 11.9. The fraction of sp³-hybridized carbons (Fsp3) is 0.500. The average molecular weight is 491 g/mol. The lowest BCUT2D eigenvalue weighted by atomic mass is 10.0. The number of aliphatic hydroxyl groups excluding tert-OH is 1. The number of aromatic nitrogens is 1. The Morgan fingerprint density at radius 1 is 1.26 bits per heavy atom. The lowest BCUT2D eigenvalue weighted by Gasteiger charge is -2.30. The Kier molecular flexibility index (Phi) is 10.7. The third-order valence-corrected chi connectivity index (χ3v) is 5.40. The Labute approximate surface area is 205 Å². The van der Waals surface area contributed by atoms with Crippen LogP contribution in [0.15, 0.2) is 41.6 Å². The number of aliphatic hydroxyl groups is 1. The normalized spacial score (nSPS) is 23.0. The minimum atomic E-state index is -1.39. The van der Waals surface area contributed by atoms with E-state index in [1.807, 2.05) is 19.9 Å². The minimum absolute atomic E-state index is 0.0434. The van der Waals surface area contributed by atoms with Crippen molar-refractivity contribution in [1.29, 1.82) is 0 Å². The van der Waals surface area contributed by atoms with Crippen molar-refractivity contribution >= 4 is 30.4 Å². The first-order valence-electron chi connectivity index (χ1n) is 11.3. The van der Waals surface area contributed by atoms with Crippen LogP contribution in [0.2, 0.25) is 0 Å². The molecule has 0 saturated heterocycles. The fourth-order valence-electron chi connectivity index (χ4n) is 3.27. The highest BCUT2D eigenvalue weighted by molar-refractivity contribution is 7.80. The Bertz CT molecular complexity index is 943. The number of nitrogens with zero attached hydrogens (tertiary/aromatic N) is 1. The molecule has 9 nitrogen and oxygen atoms in total. The summed E-state index contributed by atoms with van der Waals surface area (Å²) in [6.45, 7) is 7.16. The standard InChI is InChI=1S/C24H34N4O5S/c1-14(2)20-23(31)28-21(15(3)4)24(32)33-17(9-5-6-11-34)12-19(29)25-13-16-8-7-10-18(26-16)22(30)27-20/h5,7-10,15,17,21,24,32,34H,6,11-13H2,1-4H3,(H,25,29)(H,27,30)(H,28,31)/b9-5+/t17-,21+,24?/m1/s1. The number of rotatable bonds is 4. The van der Waals surface area contributed by atoms with Gasteiger partial charge in [0.25, 0.3) is 11.8 Å². The van der Waals surface area contributed by atoms with Gasteiger partial charge in [0.1, 0.15) is 11.4 Å². The number of fused-ring (bicyclic) bond motifs is 2. The van der Waals surface area contributed by atoms with E-state index in [-0.39, 0.29) is 36.2 Å². The van der Waals surface area contributed by atoms with E-state index in [0.29, 0.717) is 23.4 Å². The number of amides is 3. The Morgan fingerprint density at radius 2 is 2.00 bits per heavy atom. The van der Waals surface area contributed by atoms with Gasteiger partial charge in [-0.05, 0) is 49.6 Å². The van der Waals surface area contributed by atoms with Crippen molar-refractivity contribution in [1.82, 2.24) is 20.9 Å². The van der Waals surface area contributed by atoms with Crippen LogP contribution in [0.3, 0.4) is 0 Å². The van der Waals surface area contributed by atoms with Gasteiger partial charge in [-0.15, -0.1) is 0 Å².